The van der Waals surface area contributed by atoms with E-state index in [-0.39, 0.29) is 11.0 Å². The lowest BCUT2D eigenvalue weighted by molar-refractivity contribution is 0.0949. The van der Waals surface area contributed by atoms with Gasteiger partial charge in [0.2, 0.25) is 5.43 Å². The molecule has 1 atom stereocenters. The van der Waals surface area contributed by atoms with E-state index in [9.17, 15) is 14.7 Å². The second-order valence-corrected chi connectivity index (χ2v) is 9.77. The Labute approximate surface area is 206 Å². The number of aliphatic hydroxyl groups is 1. The first-order chi connectivity index (χ1) is 16.3. The summed E-state index contributed by atoms with van der Waals surface area (Å²) < 4.78 is 1.81. The number of hydrogen-bond acceptors (Lipinski definition) is 6. The molecule has 1 unspecified atom stereocenters. The zero-order valence-corrected chi connectivity index (χ0v) is 20.4. The van der Waals surface area contributed by atoms with Gasteiger partial charge in [-0.15, -0.1) is 11.3 Å². The molecule has 3 heterocycles. The number of aromatic nitrogens is 2. The highest BCUT2D eigenvalue weighted by Crippen LogP contribution is 2.25. The van der Waals surface area contributed by atoms with Crippen LogP contribution < -0.4 is 10.7 Å². The van der Waals surface area contributed by atoms with Crippen molar-refractivity contribution in [3.63, 3.8) is 0 Å². The van der Waals surface area contributed by atoms with E-state index >= 15 is 0 Å². The van der Waals surface area contributed by atoms with Crippen LogP contribution >= 0.6 is 22.9 Å². The second-order valence-electron chi connectivity index (χ2n) is 8.22. The maximum absolute atomic E-state index is 13.1. The van der Waals surface area contributed by atoms with E-state index < -0.39 is 12.0 Å². The lowest BCUT2D eigenvalue weighted by atomic mass is 10.1. The van der Waals surface area contributed by atoms with Gasteiger partial charge >= 0.3 is 0 Å². The van der Waals surface area contributed by atoms with Crippen LogP contribution in [0, 0.1) is 0 Å². The number of nitrogens with one attached hydrogen (secondary N) is 1. The van der Waals surface area contributed by atoms with Crippen LogP contribution in [0.15, 0.2) is 65.8 Å². The lowest BCUT2D eigenvalue weighted by Gasteiger charge is -2.19. The van der Waals surface area contributed by atoms with Crippen LogP contribution in [0.3, 0.4) is 0 Å². The Morgan fingerprint density at radius 1 is 1.29 bits per heavy atom. The summed E-state index contributed by atoms with van der Waals surface area (Å²) >= 11 is 7.41. The predicted octanol–water partition coefficient (Wildman–Crippen LogP) is 3.74. The summed E-state index contributed by atoms with van der Waals surface area (Å²) in [5.41, 5.74) is 1.47. The van der Waals surface area contributed by atoms with Crippen molar-refractivity contribution >= 4 is 39.1 Å². The number of rotatable bonds is 8. The summed E-state index contributed by atoms with van der Waals surface area (Å²) in [7, 11) is 3.74. The van der Waals surface area contributed by atoms with Crippen LogP contribution in [0.1, 0.15) is 32.5 Å². The number of aryl methyl sites for hydroxylation is 1. The molecule has 0 aliphatic heterocycles. The Balaban J connectivity index is 1.48. The molecule has 0 saturated carbocycles. The molecule has 0 aliphatic rings. The number of likely N-dealkylation sites (N-methyl/N-ethyl adjacent to an activating group) is 1. The van der Waals surface area contributed by atoms with Crippen LogP contribution in [0.5, 0.6) is 0 Å². The van der Waals surface area contributed by atoms with Gasteiger partial charge in [-0.2, -0.15) is 0 Å². The third kappa shape index (κ3) is 5.53. The third-order valence-corrected chi connectivity index (χ3v) is 6.95. The number of amides is 1. The maximum atomic E-state index is 13.1. The van der Waals surface area contributed by atoms with Gasteiger partial charge in [-0.25, -0.2) is 0 Å². The number of carbonyl (C=O) groups is 1. The Morgan fingerprint density at radius 3 is 2.76 bits per heavy atom. The van der Waals surface area contributed by atoms with Crippen LogP contribution in [0.2, 0.25) is 5.02 Å². The zero-order chi connectivity index (χ0) is 24.2. The molecule has 0 fully saturated rings. The molecule has 7 nitrogen and oxygen atoms in total. The molecular weight excluding hydrogens is 472 g/mol. The summed E-state index contributed by atoms with van der Waals surface area (Å²) in [4.78, 5) is 33.7. The minimum Gasteiger partial charge on any atom is -0.387 e. The Kier molecular flexibility index (Phi) is 7.43. The molecule has 4 rings (SSSR count). The average molecular weight is 497 g/mol. The fourth-order valence-corrected chi connectivity index (χ4v) is 5.03. The molecule has 0 saturated heterocycles. The number of fused-ring (bicyclic) bond motifs is 1. The van der Waals surface area contributed by atoms with Gasteiger partial charge in [0.05, 0.1) is 11.5 Å². The van der Waals surface area contributed by atoms with Gasteiger partial charge in [0.1, 0.15) is 10.4 Å². The van der Waals surface area contributed by atoms with Crippen molar-refractivity contribution in [2.45, 2.75) is 19.2 Å². The normalized spacial score (nSPS) is 12.3. The fraction of sp³-hybridized carbons (Fsp3) is 0.240. The summed E-state index contributed by atoms with van der Waals surface area (Å²) in [5.74, 6) is -0.415. The SMILES string of the molecule is CN(Cc1cc2c(=O)c(C(=O)NCc3ccc(Cl)cc3)cn(C)c2s1)CC(O)c1cccnc1. The van der Waals surface area contributed by atoms with E-state index in [2.05, 4.69) is 10.3 Å². The van der Waals surface area contributed by atoms with E-state index in [0.717, 1.165) is 20.8 Å². The molecule has 176 valence electrons. The Hall–Kier alpha value is -3.04. The van der Waals surface area contributed by atoms with E-state index in [1.165, 1.54) is 11.3 Å². The number of thiophene rings is 1. The molecule has 9 heteroatoms. The lowest BCUT2D eigenvalue weighted by Crippen LogP contribution is -2.29. The quantitative estimate of drug-likeness (QED) is 0.388. The van der Waals surface area contributed by atoms with Crippen molar-refractivity contribution in [3.8, 4) is 0 Å². The number of nitrogens with zero attached hydrogens (tertiary/aromatic N) is 3. The summed E-state index contributed by atoms with van der Waals surface area (Å²) in [5, 5.41) is 14.4. The minimum atomic E-state index is -0.657. The highest BCUT2D eigenvalue weighted by molar-refractivity contribution is 7.18. The van der Waals surface area contributed by atoms with Gasteiger partial charge in [-0.3, -0.25) is 19.5 Å². The van der Waals surface area contributed by atoms with Crippen molar-refractivity contribution < 1.29 is 9.90 Å². The van der Waals surface area contributed by atoms with Crippen LogP contribution in [0.4, 0.5) is 0 Å². The molecule has 3 aromatic heterocycles. The molecular formula is C25H25ClN4O3S. The average Bonchev–Trinajstić information content (AvgIpc) is 3.26. The van der Waals surface area contributed by atoms with Gasteiger partial charge in [0, 0.05) is 60.7 Å². The second kappa shape index (κ2) is 10.5. The number of halogens is 1. The molecule has 0 bridgehead atoms. The van der Waals surface area contributed by atoms with E-state index in [0.29, 0.717) is 30.0 Å². The molecule has 0 aliphatic carbocycles. The van der Waals surface area contributed by atoms with E-state index in [1.807, 2.05) is 47.8 Å². The highest BCUT2D eigenvalue weighted by Gasteiger charge is 2.18. The van der Waals surface area contributed by atoms with Crippen molar-refractivity contribution in [2.24, 2.45) is 7.05 Å². The maximum Gasteiger partial charge on any atom is 0.257 e. The molecule has 0 radical (unpaired) electrons. The molecule has 4 aromatic rings. The number of aliphatic hydroxyl groups excluding tert-OH is 1. The third-order valence-electron chi connectivity index (χ3n) is 5.49. The predicted molar refractivity (Wildman–Crippen MR) is 135 cm³/mol. The van der Waals surface area contributed by atoms with Crippen molar-refractivity contribution in [2.75, 3.05) is 13.6 Å². The van der Waals surface area contributed by atoms with Gasteiger partial charge < -0.3 is 15.0 Å². The molecule has 34 heavy (non-hydrogen) atoms. The van der Waals surface area contributed by atoms with Gasteiger partial charge in [0.25, 0.3) is 5.91 Å². The smallest absolute Gasteiger partial charge is 0.257 e. The van der Waals surface area contributed by atoms with Gasteiger partial charge in [0.15, 0.2) is 0 Å². The van der Waals surface area contributed by atoms with E-state index in [1.54, 1.807) is 36.8 Å². The van der Waals surface area contributed by atoms with Crippen molar-refractivity contribution in [3.05, 3.63) is 97.9 Å². The first kappa shape index (κ1) is 24.1. The molecule has 0 spiro atoms. The largest absolute Gasteiger partial charge is 0.387 e. The van der Waals surface area contributed by atoms with Crippen molar-refractivity contribution in [1.29, 1.82) is 0 Å². The van der Waals surface area contributed by atoms with Crippen LogP contribution in [0.25, 0.3) is 10.2 Å². The van der Waals surface area contributed by atoms with Gasteiger partial charge in [-0.1, -0.05) is 29.8 Å². The van der Waals surface area contributed by atoms with E-state index in [4.69, 9.17) is 11.6 Å². The first-order valence-electron chi connectivity index (χ1n) is 10.7. The topological polar surface area (TPSA) is 87.5 Å². The molecule has 1 amide bonds. The first-order valence-corrected chi connectivity index (χ1v) is 11.9. The number of pyridine rings is 2. The number of carbonyl (C=O) groups excluding carboxylic acids is 1. The van der Waals surface area contributed by atoms with Crippen LogP contribution in [-0.2, 0) is 20.1 Å². The number of hydrogen-bond donors (Lipinski definition) is 2. The monoisotopic (exact) mass is 496 g/mol. The van der Waals surface area contributed by atoms with Gasteiger partial charge in [-0.05, 0) is 36.9 Å². The summed E-state index contributed by atoms with van der Waals surface area (Å²) in [6, 6.07) is 12.7. The molecule has 2 N–H and O–H groups in total. The number of benzene rings is 1. The summed E-state index contributed by atoms with van der Waals surface area (Å²) in [6.07, 6.45) is 4.25. The fourth-order valence-electron chi connectivity index (χ4n) is 3.74. The Morgan fingerprint density at radius 2 is 2.06 bits per heavy atom. The minimum absolute atomic E-state index is 0.105. The molecule has 1 aromatic carbocycles. The zero-order valence-electron chi connectivity index (χ0n) is 18.9. The Bertz CT molecular complexity index is 1350. The standard InChI is InChI=1S/C25H25ClN4O3S/c1-29(15-22(31)17-4-3-9-27-12-17)13-19-10-20-23(32)21(14-30(2)25(20)34-19)24(33)28-11-16-5-7-18(26)8-6-16/h3-10,12,14,22,31H,11,13,15H2,1-2H3,(H,28,33). The van der Waals surface area contributed by atoms with Crippen molar-refractivity contribution in [1.82, 2.24) is 19.8 Å². The van der Waals surface area contributed by atoms with Crippen LogP contribution in [-0.4, -0.2) is 39.1 Å². The summed E-state index contributed by atoms with van der Waals surface area (Å²) in [6.45, 7) is 1.29. The highest BCUT2D eigenvalue weighted by atomic mass is 35.5.